The van der Waals surface area contributed by atoms with Gasteiger partial charge in [0.25, 0.3) is 5.56 Å². The van der Waals surface area contributed by atoms with E-state index in [0.717, 1.165) is 11.3 Å². The molecule has 2 rings (SSSR count). The van der Waals surface area contributed by atoms with Gasteiger partial charge in [-0.05, 0) is 40.3 Å². The van der Waals surface area contributed by atoms with E-state index in [9.17, 15) is 4.79 Å². The second-order valence-corrected chi connectivity index (χ2v) is 4.58. The normalized spacial score (nSPS) is 10.3. The van der Waals surface area contributed by atoms with Crippen molar-refractivity contribution in [1.82, 2.24) is 9.55 Å². The first-order chi connectivity index (χ1) is 7.66. The van der Waals surface area contributed by atoms with Gasteiger partial charge in [-0.15, -0.1) is 0 Å². The van der Waals surface area contributed by atoms with Crippen molar-refractivity contribution in [2.45, 2.75) is 6.54 Å². The van der Waals surface area contributed by atoms with E-state index >= 15 is 0 Å². The van der Waals surface area contributed by atoms with Crippen LogP contribution in [0.1, 0.15) is 5.56 Å². The molecule has 0 aliphatic carbocycles. The molecular weight excluding hydrogens is 317 g/mol. The Balaban J connectivity index is 2.31. The van der Waals surface area contributed by atoms with Crippen LogP contribution in [0.4, 0.5) is 5.69 Å². The first kappa shape index (κ1) is 11.1. The fourth-order valence-electron chi connectivity index (χ4n) is 1.36. The van der Waals surface area contributed by atoms with Gasteiger partial charge in [0.05, 0.1) is 16.4 Å². The van der Waals surface area contributed by atoms with Gasteiger partial charge in [-0.3, -0.25) is 9.36 Å². The Kier molecular flexibility index (Phi) is 3.23. The van der Waals surface area contributed by atoms with Crippen LogP contribution in [0.3, 0.4) is 0 Å². The van der Waals surface area contributed by atoms with E-state index < -0.39 is 0 Å². The molecule has 1 aromatic carbocycles. The van der Waals surface area contributed by atoms with Crippen molar-refractivity contribution >= 4 is 28.3 Å². The zero-order valence-electron chi connectivity index (χ0n) is 8.43. The summed E-state index contributed by atoms with van der Waals surface area (Å²) in [6.45, 7) is 0.517. The van der Waals surface area contributed by atoms with Gasteiger partial charge in [0.1, 0.15) is 0 Å². The number of halogens is 1. The highest BCUT2D eigenvalue weighted by atomic mass is 127. The van der Waals surface area contributed by atoms with Gasteiger partial charge < -0.3 is 5.73 Å². The van der Waals surface area contributed by atoms with Gasteiger partial charge in [0.2, 0.25) is 0 Å². The fraction of sp³-hybridized carbons (Fsp3) is 0.0909. The predicted molar refractivity (Wildman–Crippen MR) is 71.2 cm³/mol. The van der Waals surface area contributed by atoms with Gasteiger partial charge >= 0.3 is 0 Å². The number of benzene rings is 1. The van der Waals surface area contributed by atoms with Gasteiger partial charge in [0.15, 0.2) is 0 Å². The second-order valence-electron chi connectivity index (χ2n) is 3.42. The van der Waals surface area contributed by atoms with Crippen molar-refractivity contribution in [3.63, 3.8) is 0 Å². The summed E-state index contributed by atoms with van der Waals surface area (Å²) < 4.78 is 2.20. The molecule has 0 spiro atoms. The van der Waals surface area contributed by atoms with E-state index in [-0.39, 0.29) is 5.56 Å². The number of anilines is 1. The lowest BCUT2D eigenvalue weighted by atomic mass is 10.2. The van der Waals surface area contributed by atoms with Crippen LogP contribution >= 0.6 is 22.6 Å². The molecule has 2 N–H and O–H groups in total. The van der Waals surface area contributed by atoms with Crippen LogP contribution < -0.4 is 11.3 Å². The minimum atomic E-state index is -0.0209. The summed E-state index contributed by atoms with van der Waals surface area (Å²) in [5, 5.41) is 0. The molecule has 0 aliphatic rings. The van der Waals surface area contributed by atoms with Crippen molar-refractivity contribution in [2.24, 2.45) is 0 Å². The molecule has 0 unspecified atom stereocenters. The SMILES string of the molecule is Nc1ccc(Cn2cncc(I)c2=O)cc1. The van der Waals surface area contributed by atoms with Crippen molar-refractivity contribution in [3.8, 4) is 0 Å². The van der Waals surface area contributed by atoms with Crippen molar-refractivity contribution < 1.29 is 0 Å². The van der Waals surface area contributed by atoms with Crippen LogP contribution in [0, 0.1) is 3.57 Å². The van der Waals surface area contributed by atoms with E-state index in [4.69, 9.17) is 5.73 Å². The van der Waals surface area contributed by atoms with E-state index in [0.29, 0.717) is 10.1 Å². The molecule has 1 heterocycles. The third-order valence-corrected chi connectivity index (χ3v) is 2.93. The third-order valence-electron chi connectivity index (χ3n) is 2.19. The monoisotopic (exact) mass is 327 g/mol. The number of nitrogens with two attached hydrogens (primary N) is 1. The molecule has 0 saturated heterocycles. The minimum absolute atomic E-state index is 0.0209. The molecule has 0 bridgehead atoms. The Morgan fingerprint density at radius 1 is 1.31 bits per heavy atom. The molecule has 0 aliphatic heterocycles. The quantitative estimate of drug-likeness (QED) is 0.671. The van der Waals surface area contributed by atoms with Crippen LogP contribution in [0.15, 0.2) is 41.6 Å². The van der Waals surface area contributed by atoms with Gasteiger partial charge in [0, 0.05) is 11.9 Å². The average molecular weight is 327 g/mol. The average Bonchev–Trinajstić information content (AvgIpc) is 2.28. The minimum Gasteiger partial charge on any atom is -0.399 e. The summed E-state index contributed by atoms with van der Waals surface area (Å²) >= 11 is 1.98. The topological polar surface area (TPSA) is 60.9 Å². The number of nitrogen functional groups attached to an aromatic ring is 1. The molecule has 0 fully saturated rings. The van der Waals surface area contributed by atoms with Gasteiger partial charge in [-0.25, -0.2) is 4.98 Å². The summed E-state index contributed by atoms with van der Waals surface area (Å²) in [4.78, 5) is 15.7. The van der Waals surface area contributed by atoms with E-state index in [1.54, 1.807) is 17.1 Å². The Labute approximate surface area is 106 Å². The van der Waals surface area contributed by atoms with Crippen LogP contribution in [0.2, 0.25) is 0 Å². The molecular formula is C11H10IN3O. The zero-order chi connectivity index (χ0) is 11.5. The maximum absolute atomic E-state index is 11.7. The summed E-state index contributed by atoms with van der Waals surface area (Å²) in [5.41, 5.74) is 7.32. The molecule has 0 amide bonds. The molecule has 1 aromatic heterocycles. The van der Waals surface area contributed by atoms with Crippen molar-refractivity contribution in [1.29, 1.82) is 0 Å². The van der Waals surface area contributed by atoms with Gasteiger partial charge in [-0.1, -0.05) is 12.1 Å². The van der Waals surface area contributed by atoms with E-state index in [2.05, 4.69) is 4.98 Å². The highest BCUT2D eigenvalue weighted by molar-refractivity contribution is 14.1. The number of hydrogen-bond donors (Lipinski definition) is 1. The number of nitrogens with zero attached hydrogens (tertiary/aromatic N) is 2. The molecule has 0 saturated carbocycles. The maximum Gasteiger partial charge on any atom is 0.267 e. The molecule has 0 radical (unpaired) electrons. The third kappa shape index (κ3) is 2.41. The standard InChI is InChI=1S/C11H10IN3O/c12-10-5-14-7-15(11(10)16)6-8-1-3-9(13)4-2-8/h1-5,7H,6,13H2. The molecule has 2 aromatic rings. The smallest absolute Gasteiger partial charge is 0.267 e. The Morgan fingerprint density at radius 2 is 2.00 bits per heavy atom. The Hall–Kier alpha value is -1.37. The maximum atomic E-state index is 11.7. The molecule has 82 valence electrons. The van der Waals surface area contributed by atoms with Crippen molar-refractivity contribution in [3.05, 3.63) is 56.3 Å². The summed E-state index contributed by atoms with van der Waals surface area (Å²) in [5.74, 6) is 0. The van der Waals surface area contributed by atoms with Crippen LogP contribution in [-0.4, -0.2) is 9.55 Å². The zero-order valence-corrected chi connectivity index (χ0v) is 10.6. The highest BCUT2D eigenvalue weighted by Gasteiger charge is 2.01. The first-order valence-corrected chi connectivity index (χ1v) is 5.79. The largest absolute Gasteiger partial charge is 0.399 e. The van der Waals surface area contributed by atoms with Crippen molar-refractivity contribution in [2.75, 3.05) is 5.73 Å². The number of rotatable bonds is 2. The summed E-state index contributed by atoms with van der Waals surface area (Å²) in [6, 6.07) is 7.45. The second kappa shape index (κ2) is 4.65. The predicted octanol–water partition coefficient (Wildman–Crippen LogP) is 1.48. The Morgan fingerprint density at radius 3 is 2.69 bits per heavy atom. The first-order valence-electron chi connectivity index (χ1n) is 4.71. The summed E-state index contributed by atoms with van der Waals surface area (Å²) in [6.07, 6.45) is 3.10. The fourth-order valence-corrected chi connectivity index (χ4v) is 1.83. The van der Waals surface area contributed by atoms with Crippen LogP contribution in [-0.2, 0) is 6.54 Å². The lowest BCUT2D eigenvalue weighted by molar-refractivity contribution is 0.730. The number of hydrogen-bond acceptors (Lipinski definition) is 3. The molecule has 16 heavy (non-hydrogen) atoms. The van der Waals surface area contributed by atoms with Gasteiger partial charge in [-0.2, -0.15) is 0 Å². The lowest BCUT2D eigenvalue weighted by Gasteiger charge is -2.05. The highest BCUT2D eigenvalue weighted by Crippen LogP contribution is 2.06. The Bertz CT molecular complexity index is 548. The van der Waals surface area contributed by atoms with Crippen LogP contribution in [0.25, 0.3) is 0 Å². The number of aromatic nitrogens is 2. The molecule has 5 heteroatoms. The van der Waals surface area contributed by atoms with E-state index in [1.807, 2.05) is 46.9 Å². The molecule has 4 nitrogen and oxygen atoms in total. The summed E-state index contributed by atoms with van der Waals surface area (Å²) in [7, 11) is 0. The lowest BCUT2D eigenvalue weighted by Crippen LogP contribution is -2.22. The van der Waals surface area contributed by atoms with E-state index in [1.165, 1.54) is 0 Å². The van der Waals surface area contributed by atoms with Crippen LogP contribution in [0.5, 0.6) is 0 Å². The molecule has 0 atom stereocenters.